The SMILES string of the molecule is CCc1ccc(Cl)c(CC)c1NC(=O)Cc1ccc(Cl)cc1. The number of carbonyl (C=O) groups excluding carboxylic acids is 1. The van der Waals surface area contributed by atoms with Gasteiger partial charge in [-0.1, -0.05) is 55.2 Å². The Morgan fingerprint density at radius 1 is 1.00 bits per heavy atom. The lowest BCUT2D eigenvalue weighted by molar-refractivity contribution is -0.115. The molecule has 0 atom stereocenters. The highest BCUT2D eigenvalue weighted by molar-refractivity contribution is 6.32. The Morgan fingerprint density at radius 2 is 1.68 bits per heavy atom. The molecule has 0 aliphatic heterocycles. The third-order valence-corrected chi connectivity index (χ3v) is 4.22. The number of nitrogens with one attached hydrogen (secondary N) is 1. The number of carbonyl (C=O) groups is 1. The molecule has 0 aliphatic carbocycles. The van der Waals surface area contributed by atoms with Gasteiger partial charge in [0.2, 0.25) is 5.91 Å². The minimum atomic E-state index is -0.0472. The molecule has 1 N–H and O–H groups in total. The predicted octanol–water partition coefficient (Wildman–Crippen LogP) is 5.30. The van der Waals surface area contributed by atoms with Crippen LogP contribution in [0, 0.1) is 0 Å². The maximum atomic E-state index is 12.3. The fourth-order valence-electron chi connectivity index (χ4n) is 2.44. The summed E-state index contributed by atoms with van der Waals surface area (Å²) in [5.74, 6) is -0.0472. The van der Waals surface area contributed by atoms with Crippen LogP contribution in [0.5, 0.6) is 0 Å². The summed E-state index contributed by atoms with van der Waals surface area (Å²) in [6.45, 7) is 4.10. The molecule has 2 aromatic carbocycles. The second-order valence-electron chi connectivity index (χ2n) is 5.12. The molecule has 4 heteroatoms. The molecule has 0 fully saturated rings. The van der Waals surface area contributed by atoms with E-state index < -0.39 is 0 Å². The highest BCUT2D eigenvalue weighted by Crippen LogP contribution is 2.29. The first kappa shape index (κ1) is 16.9. The van der Waals surface area contributed by atoms with Crippen LogP contribution in [0.2, 0.25) is 10.0 Å². The van der Waals surface area contributed by atoms with E-state index in [0.717, 1.165) is 35.2 Å². The van der Waals surface area contributed by atoms with E-state index in [4.69, 9.17) is 23.2 Å². The molecule has 0 unspecified atom stereocenters. The van der Waals surface area contributed by atoms with Crippen molar-refractivity contribution in [1.29, 1.82) is 0 Å². The highest BCUT2D eigenvalue weighted by Gasteiger charge is 2.13. The molecule has 0 radical (unpaired) electrons. The van der Waals surface area contributed by atoms with Crippen LogP contribution in [0.4, 0.5) is 5.69 Å². The van der Waals surface area contributed by atoms with Crippen LogP contribution in [0.3, 0.4) is 0 Å². The number of anilines is 1. The molecule has 1 amide bonds. The number of amides is 1. The number of hydrogen-bond donors (Lipinski definition) is 1. The molecule has 0 saturated carbocycles. The van der Waals surface area contributed by atoms with Gasteiger partial charge in [-0.3, -0.25) is 4.79 Å². The Labute approximate surface area is 141 Å². The average Bonchev–Trinajstić information content (AvgIpc) is 2.50. The number of halogens is 2. The predicted molar refractivity (Wildman–Crippen MR) is 94.0 cm³/mol. The van der Waals surface area contributed by atoms with Gasteiger partial charge in [0.15, 0.2) is 0 Å². The van der Waals surface area contributed by atoms with Gasteiger partial charge in [-0.25, -0.2) is 0 Å². The molecule has 0 saturated heterocycles. The zero-order valence-corrected chi connectivity index (χ0v) is 14.3. The lowest BCUT2D eigenvalue weighted by Crippen LogP contribution is -2.17. The molecule has 0 aliphatic rings. The van der Waals surface area contributed by atoms with Crippen LogP contribution in [-0.2, 0) is 24.1 Å². The molecule has 116 valence electrons. The Hall–Kier alpha value is -1.51. The van der Waals surface area contributed by atoms with Gasteiger partial charge in [-0.15, -0.1) is 0 Å². The number of benzene rings is 2. The molecule has 2 rings (SSSR count). The molecular weight excluding hydrogens is 317 g/mol. The van der Waals surface area contributed by atoms with E-state index in [1.807, 2.05) is 31.2 Å². The summed E-state index contributed by atoms with van der Waals surface area (Å²) in [6.07, 6.45) is 1.94. The van der Waals surface area contributed by atoms with E-state index in [0.29, 0.717) is 16.5 Å². The van der Waals surface area contributed by atoms with Gasteiger partial charge in [-0.05, 0) is 47.7 Å². The largest absolute Gasteiger partial charge is 0.325 e. The van der Waals surface area contributed by atoms with Crippen molar-refractivity contribution < 1.29 is 4.79 Å². The fourth-order valence-corrected chi connectivity index (χ4v) is 2.86. The molecular formula is C18H19Cl2NO. The summed E-state index contributed by atoms with van der Waals surface area (Å²) in [5.41, 5.74) is 3.88. The molecule has 0 spiro atoms. The summed E-state index contributed by atoms with van der Waals surface area (Å²) in [5, 5.41) is 4.39. The van der Waals surface area contributed by atoms with Crippen molar-refractivity contribution in [2.75, 3.05) is 5.32 Å². The van der Waals surface area contributed by atoms with E-state index in [1.54, 1.807) is 12.1 Å². The zero-order chi connectivity index (χ0) is 16.1. The van der Waals surface area contributed by atoms with Crippen molar-refractivity contribution >= 4 is 34.8 Å². The van der Waals surface area contributed by atoms with E-state index in [1.165, 1.54) is 0 Å². The normalized spacial score (nSPS) is 10.5. The second-order valence-corrected chi connectivity index (χ2v) is 5.96. The fraction of sp³-hybridized carbons (Fsp3) is 0.278. The first-order valence-corrected chi connectivity index (χ1v) is 8.15. The van der Waals surface area contributed by atoms with Gasteiger partial charge in [0.25, 0.3) is 0 Å². The first-order valence-electron chi connectivity index (χ1n) is 7.39. The summed E-state index contributed by atoms with van der Waals surface area (Å²) < 4.78 is 0. The summed E-state index contributed by atoms with van der Waals surface area (Å²) >= 11 is 12.1. The molecule has 22 heavy (non-hydrogen) atoms. The topological polar surface area (TPSA) is 29.1 Å². The van der Waals surface area contributed by atoms with Crippen LogP contribution >= 0.6 is 23.2 Å². The second kappa shape index (κ2) is 7.66. The van der Waals surface area contributed by atoms with Crippen molar-refractivity contribution in [3.63, 3.8) is 0 Å². The smallest absolute Gasteiger partial charge is 0.228 e. The van der Waals surface area contributed by atoms with Crippen LogP contribution < -0.4 is 5.32 Å². The lowest BCUT2D eigenvalue weighted by Gasteiger charge is -2.16. The Morgan fingerprint density at radius 3 is 2.27 bits per heavy atom. The Bertz CT molecular complexity index is 666. The van der Waals surface area contributed by atoms with E-state index in [2.05, 4.69) is 12.2 Å². The molecule has 2 aromatic rings. The lowest BCUT2D eigenvalue weighted by atomic mass is 10.0. The molecule has 0 bridgehead atoms. The van der Waals surface area contributed by atoms with Crippen molar-refractivity contribution in [2.45, 2.75) is 33.1 Å². The van der Waals surface area contributed by atoms with Gasteiger partial charge < -0.3 is 5.32 Å². The zero-order valence-electron chi connectivity index (χ0n) is 12.7. The van der Waals surface area contributed by atoms with Crippen molar-refractivity contribution in [3.8, 4) is 0 Å². The number of aryl methyl sites for hydroxylation is 1. The molecule has 0 heterocycles. The highest BCUT2D eigenvalue weighted by atomic mass is 35.5. The monoisotopic (exact) mass is 335 g/mol. The van der Waals surface area contributed by atoms with Crippen molar-refractivity contribution in [1.82, 2.24) is 0 Å². The summed E-state index contributed by atoms with van der Waals surface area (Å²) in [7, 11) is 0. The van der Waals surface area contributed by atoms with E-state index in [9.17, 15) is 4.79 Å². The van der Waals surface area contributed by atoms with Gasteiger partial charge in [-0.2, -0.15) is 0 Å². The van der Waals surface area contributed by atoms with Crippen LogP contribution in [-0.4, -0.2) is 5.91 Å². The Kier molecular flexibility index (Phi) is 5.87. The maximum Gasteiger partial charge on any atom is 0.228 e. The molecule has 2 nitrogen and oxygen atoms in total. The van der Waals surface area contributed by atoms with Crippen LogP contribution in [0.25, 0.3) is 0 Å². The van der Waals surface area contributed by atoms with E-state index in [-0.39, 0.29) is 5.91 Å². The summed E-state index contributed by atoms with van der Waals surface area (Å²) in [6, 6.07) is 11.2. The number of rotatable bonds is 5. The number of hydrogen-bond acceptors (Lipinski definition) is 1. The van der Waals surface area contributed by atoms with Gasteiger partial charge in [0.1, 0.15) is 0 Å². The summed E-state index contributed by atoms with van der Waals surface area (Å²) in [4.78, 5) is 12.3. The van der Waals surface area contributed by atoms with Crippen molar-refractivity contribution in [3.05, 3.63) is 63.1 Å². The first-order chi connectivity index (χ1) is 10.5. The molecule has 0 aromatic heterocycles. The van der Waals surface area contributed by atoms with Crippen molar-refractivity contribution in [2.24, 2.45) is 0 Å². The van der Waals surface area contributed by atoms with Gasteiger partial charge in [0.05, 0.1) is 6.42 Å². The third kappa shape index (κ3) is 4.02. The average molecular weight is 336 g/mol. The quantitative estimate of drug-likeness (QED) is 0.789. The third-order valence-electron chi connectivity index (χ3n) is 3.62. The van der Waals surface area contributed by atoms with E-state index >= 15 is 0 Å². The van der Waals surface area contributed by atoms with Gasteiger partial charge >= 0.3 is 0 Å². The van der Waals surface area contributed by atoms with Crippen LogP contribution in [0.1, 0.15) is 30.5 Å². The van der Waals surface area contributed by atoms with Crippen LogP contribution in [0.15, 0.2) is 36.4 Å². The minimum Gasteiger partial charge on any atom is -0.325 e. The standard InChI is InChI=1S/C18H19Cl2NO/c1-3-13-7-10-16(20)15(4-2)18(13)21-17(22)11-12-5-8-14(19)9-6-12/h5-10H,3-4,11H2,1-2H3,(H,21,22). The minimum absolute atomic E-state index is 0.0472. The Balaban J connectivity index is 2.20. The van der Waals surface area contributed by atoms with Gasteiger partial charge in [0, 0.05) is 15.7 Å². The maximum absolute atomic E-state index is 12.3.